The average Bonchev–Trinajstić information content (AvgIpc) is 2.21. The van der Waals surface area contributed by atoms with Gasteiger partial charge in [0.05, 0.1) is 0 Å². The number of hydrogen-bond donors (Lipinski definition) is 1. The fourth-order valence-electron chi connectivity index (χ4n) is 1.72. The minimum absolute atomic E-state index is 0.675. The summed E-state index contributed by atoms with van der Waals surface area (Å²) in [6, 6.07) is 6.01. The predicted molar refractivity (Wildman–Crippen MR) is 67.8 cm³/mol. The molecule has 15 heavy (non-hydrogen) atoms. The van der Waals surface area contributed by atoms with Crippen molar-refractivity contribution < 1.29 is 0 Å². The second kappa shape index (κ2) is 5.99. The number of anilines is 1. The molecule has 0 spiro atoms. The van der Waals surface area contributed by atoms with E-state index in [1.54, 1.807) is 0 Å². The van der Waals surface area contributed by atoms with Crippen LogP contribution in [-0.2, 0) is 6.42 Å². The maximum Gasteiger partial charge on any atom is 0.0426 e. The third kappa shape index (κ3) is 3.40. The third-order valence-electron chi connectivity index (χ3n) is 2.43. The summed E-state index contributed by atoms with van der Waals surface area (Å²) in [6.45, 7) is 3.89. The minimum atomic E-state index is 0.675. The van der Waals surface area contributed by atoms with Crippen molar-refractivity contribution in [3.63, 3.8) is 0 Å². The van der Waals surface area contributed by atoms with Crippen molar-refractivity contribution in [1.29, 1.82) is 0 Å². The molecule has 0 aliphatic carbocycles. The summed E-state index contributed by atoms with van der Waals surface area (Å²) >= 11 is 6.00. The van der Waals surface area contributed by atoms with Gasteiger partial charge in [0.15, 0.2) is 0 Å². The zero-order valence-corrected chi connectivity index (χ0v) is 10.2. The van der Waals surface area contributed by atoms with E-state index in [9.17, 15) is 0 Å². The lowest BCUT2D eigenvalue weighted by Gasteiger charge is -2.22. The molecular weight excluding hydrogens is 208 g/mol. The molecule has 0 bridgehead atoms. The van der Waals surface area contributed by atoms with Crippen LogP contribution < -0.4 is 10.6 Å². The maximum absolute atomic E-state index is 6.00. The fourth-order valence-corrected chi connectivity index (χ4v) is 1.88. The molecular formula is C12H19ClN2. The molecule has 0 aliphatic rings. The van der Waals surface area contributed by atoms with Gasteiger partial charge < -0.3 is 10.6 Å². The SMILES string of the molecule is CCCN(C)c1cc(Cl)ccc1CCN. The van der Waals surface area contributed by atoms with Crippen LogP contribution in [0.5, 0.6) is 0 Å². The summed E-state index contributed by atoms with van der Waals surface area (Å²) < 4.78 is 0. The lowest BCUT2D eigenvalue weighted by molar-refractivity contribution is 0.840. The molecule has 2 nitrogen and oxygen atoms in total. The molecule has 1 rings (SSSR count). The van der Waals surface area contributed by atoms with Crippen molar-refractivity contribution in [1.82, 2.24) is 0 Å². The number of hydrogen-bond acceptors (Lipinski definition) is 2. The molecule has 1 aromatic rings. The van der Waals surface area contributed by atoms with Gasteiger partial charge in [0.25, 0.3) is 0 Å². The van der Waals surface area contributed by atoms with Gasteiger partial charge in [-0.3, -0.25) is 0 Å². The molecule has 84 valence electrons. The van der Waals surface area contributed by atoms with E-state index in [2.05, 4.69) is 24.9 Å². The molecule has 3 heteroatoms. The van der Waals surface area contributed by atoms with Crippen LogP contribution in [0.4, 0.5) is 5.69 Å². The maximum atomic E-state index is 6.00. The summed E-state index contributed by atoms with van der Waals surface area (Å²) in [6.07, 6.45) is 2.03. The second-order valence-electron chi connectivity index (χ2n) is 3.73. The Labute approximate surface area is 97.0 Å². The second-order valence-corrected chi connectivity index (χ2v) is 4.17. The fraction of sp³-hybridized carbons (Fsp3) is 0.500. The Morgan fingerprint density at radius 2 is 2.13 bits per heavy atom. The molecule has 0 saturated carbocycles. The van der Waals surface area contributed by atoms with E-state index in [0.717, 1.165) is 24.4 Å². The summed E-state index contributed by atoms with van der Waals surface area (Å²) in [5.74, 6) is 0. The summed E-state index contributed by atoms with van der Waals surface area (Å²) in [5, 5.41) is 0.786. The molecule has 0 aromatic heterocycles. The molecule has 2 N–H and O–H groups in total. The van der Waals surface area contributed by atoms with Crippen LogP contribution >= 0.6 is 11.6 Å². The Balaban J connectivity index is 2.95. The van der Waals surface area contributed by atoms with Crippen LogP contribution in [0.2, 0.25) is 5.02 Å². The van der Waals surface area contributed by atoms with Crippen molar-refractivity contribution in [2.75, 3.05) is 25.0 Å². The standard InChI is InChI=1S/C12H19ClN2/c1-3-8-15(2)12-9-11(13)5-4-10(12)6-7-14/h4-5,9H,3,6-8,14H2,1-2H3. The van der Waals surface area contributed by atoms with E-state index in [1.807, 2.05) is 12.1 Å². The normalized spacial score (nSPS) is 10.4. The van der Waals surface area contributed by atoms with Crippen LogP contribution in [0, 0.1) is 0 Å². The van der Waals surface area contributed by atoms with E-state index in [4.69, 9.17) is 17.3 Å². The molecule has 0 heterocycles. The van der Waals surface area contributed by atoms with Gasteiger partial charge >= 0.3 is 0 Å². The van der Waals surface area contributed by atoms with Crippen LogP contribution in [0.15, 0.2) is 18.2 Å². The first kappa shape index (κ1) is 12.3. The molecule has 0 atom stereocenters. The average molecular weight is 227 g/mol. The van der Waals surface area contributed by atoms with E-state index >= 15 is 0 Å². The zero-order chi connectivity index (χ0) is 11.3. The Bertz CT molecular complexity index is 312. The van der Waals surface area contributed by atoms with Crippen molar-refractivity contribution in [3.8, 4) is 0 Å². The van der Waals surface area contributed by atoms with Gasteiger partial charge in [0.1, 0.15) is 0 Å². The topological polar surface area (TPSA) is 29.3 Å². The van der Waals surface area contributed by atoms with E-state index < -0.39 is 0 Å². The number of benzene rings is 1. The quantitative estimate of drug-likeness (QED) is 0.837. The highest BCUT2D eigenvalue weighted by Crippen LogP contribution is 2.24. The smallest absolute Gasteiger partial charge is 0.0426 e. The predicted octanol–water partition coefficient (Wildman–Crippen LogP) is 2.69. The van der Waals surface area contributed by atoms with Crippen LogP contribution in [0.25, 0.3) is 0 Å². The lowest BCUT2D eigenvalue weighted by atomic mass is 10.1. The van der Waals surface area contributed by atoms with Gasteiger partial charge in [-0.1, -0.05) is 24.6 Å². The Morgan fingerprint density at radius 3 is 2.73 bits per heavy atom. The van der Waals surface area contributed by atoms with Crippen molar-refractivity contribution in [2.24, 2.45) is 5.73 Å². The van der Waals surface area contributed by atoms with E-state index in [0.29, 0.717) is 6.54 Å². The van der Waals surface area contributed by atoms with Gasteiger partial charge in [-0.2, -0.15) is 0 Å². The highest BCUT2D eigenvalue weighted by molar-refractivity contribution is 6.30. The Kier molecular flexibility index (Phi) is 4.92. The van der Waals surface area contributed by atoms with Crippen LogP contribution in [0.3, 0.4) is 0 Å². The van der Waals surface area contributed by atoms with Gasteiger partial charge in [-0.15, -0.1) is 0 Å². The van der Waals surface area contributed by atoms with E-state index in [-0.39, 0.29) is 0 Å². The number of halogens is 1. The molecule has 0 aliphatic heterocycles. The highest BCUT2D eigenvalue weighted by Gasteiger charge is 2.06. The molecule has 0 unspecified atom stereocenters. The van der Waals surface area contributed by atoms with Crippen molar-refractivity contribution in [2.45, 2.75) is 19.8 Å². The molecule has 0 saturated heterocycles. The minimum Gasteiger partial charge on any atom is -0.374 e. The van der Waals surface area contributed by atoms with Crippen molar-refractivity contribution >= 4 is 17.3 Å². The van der Waals surface area contributed by atoms with Crippen LogP contribution in [-0.4, -0.2) is 20.1 Å². The number of nitrogens with zero attached hydrogens (tertiary/aromatic N) is 1. The molecule has 0 amide bonds. The first-order valence-corrected chi connectivity index (χ1v) is 5.76. The van der Waals surface area contributed by atoms with Gasteiger partial charge in [-0.05, 0) is 37.1 Å². The van der Waals surface area contributed by atoms with E-state index in [1.165, 1.54) is 11.3 Å². The Hall–Kier alpha value is -0.730. The monoisotopic (exact) mass is 226 g/mol. The zero-order valence-electron chi connectivity index (χ0n) is 9.46. The van der Waals surface area contributed by atoms with Gasteiger partial charge in [0.2, 0.25) is 0 Å². The summed E-state index contributed by atoms with van der Waals surface area (Å²) in [5.41, 5.74) is 8.07. The molecule has 0 fully saturated rings. The summed E-state index contributed by atoms with van der Waals surface area (Å²) in [7, 11) is 2.09. The summed E-state index contributed by atoms with van der Waals surface area (Å²) in [4.78, 5) is 2.23. The first-order valence-electron chi connectivity index (χ1n) is 5.38. The number of nitrogens with two attached hydrogens (primary N) is 1. The van der Waals surface area contributed by atoms with Crippen molar-refractivity contribution in [3.05, 3.63) is 28.8 Å². The first-order chi connectivity index (χ1) is 7.19. The molecule has 1 aromatic carbocycles. The van der Waals surface area contributed by atoms with Gasteiger partial charge in [-0.25, -0.2) is 0 Å². The lowest BCUT2D eigenvalue weighted by Crippen LogP contribution is -2.20. The molecule has 0 radical (unpaired) electrons. The Morgan fingerprint density at radius 1 is 1.40 bits per heavy atom. The highest BCUT2D eigenvalue weighted by atomic mass is 35.5. The largest absolute Gasteiger partial charge is 0.374 e. The third-order valence-corrected chi connectivity index (χ3v) is 2.67. The van der Waals surface area contributed by atoms with Crippen LogP contribution in [0.1, 0.15) is 18.9 Å². The van der Waals surface area contributed by atoms with Gasteiger partial charge in [0, 0.05) is 24.3 Å². The number of rotatable bonds is 5.